The van der Waals surface area contributed by atoms with Gasteiger partial charge in [-0.1, -0.05) is 6.07 Å². The molecule has 1 radical (unpaired) electrons. The van der Waals surface area contributed by atoms with E-state index in [2.05, 4.69) is 0 Å². The molecule has 1 rings (SSSR count). The molecule has 13 heavy (non-hydrogen) atoms. The maximum atomic E-state index is 10.9. The highest BCUT2D eigenvalue weighted by Crippen LogP contribution is 2.17. The molecular formula is C10H14NO2. The molecule has 0 fully saturated rings. The zero-order chi connectivity index (χ0) is 9.68. The summed E-state index contributed by atoms with van der Waals surface area (Å²) in [6.07, 6.45) is 0. The molecule has 0 N–H and O–H groups in total. The van der Waals surface area contributed by atoms with Crippen LogP contribution in [-0.2, 0) is 5.11 Å². The van der Waals surface area contributed by atoms with Crippen LogP contribution in [0.2, 0.25) is 0 Å². The second-order valence-corrected chi connectivity index (χ2v) is 3.13. The molecule has 3 nitrogen and oxygen atoms in total. The second-order valence-electron chi connectivity index (χ2n) is 3.13. The Bertz CT molecular complexity index is 261. The van der Waals surface area contributed by atoms with E-state index in [9.17, 15) is 5.11 Å². The second kappa shape index (κ2) is 4.72. The van der Waals surface area contributed by atoms with Crippen LogP contribution in [-0.4, -0.2) is 32.1 Å². The zero-order valence-electron chi connectivity index (χ0n) is 7.99. The van der Waals surface area contributed by atoms with E-state index in [0.29, 0.717) is 12.4 Å². The predicted molar refractivity (Wildman–Crippen MR) is 50.6 cm³/mol. The van der Waals surface area contributed by atoms with E-state index in [-0.39, 0.29) is 5.75 Å². The molecular weight excluding hydrogens is 166 g/mol. The molecule has 0 saturated carbocycles. The minimum absolute atomic E-state index is 0.0117. The normalized spacial score (nSPS) is 10.4. The molecule has 0 heterocycles. The van der Waals surface area contributed by atoms with Crippen molar-refractivity contribution >= 4 is 0 Å². The average molecular weight is 180 g/mol. The quantitative estimate of drug-likeness (QED) is 0.707. The van der Waals surface area contributed by atoms with Gasteiger partial charge in [-0.3, -0.25) is 5.11 Å². The Morgan fingerprint density at radius 1 is 1.38 bits per heavy atom. The molecule has 0 spiro atoms. The lowest BCUT2D eigenvalue weighted by molar-refractivity contribution is 0.259. The van der Waals surface area contributed by atoms with Crippen molar-refractivity contribution in [1.29, 1.82) is 0 Å². The Hall–Kier alpha value is -1.22. The number of benzene rings is 1. The number of likely N-dealkylation sites (N-methyl/N-ethyl adjacent to an activating group) is 1. The van der Waals surface area contributed by atoms with E-state index in [0.717, 1.165) is 6.54 Å². The van der Waals surface area contributed by atoms with E-state index in [1.54, 1.807) is 12.1 Å². The highest BCUT2D eigenvalue weighted by molar-refractivity contribution is 5.31. The topological polar surface area (TPSA) is 32.4 Å². The Labute approximate surface area is 78.6 Å². The lowest BCUT2D eigenvalue weighted by Crippen LogP contribution is -2.19. The monoisotopic (exact) mass is 180 g/mol. The van der Waals surface area contributed by atoms with Gasteiger partial charge in [0.25, 0.3) is 0 Å². The highest BCUT2D eigenvalue weighted by Gasteiger charge is 1.96. The number of nitrogens with zero attached hydrogens (tertiary/aromatic N) is 1. The van der Waals surface area contributed by atoms with Gasteiger partial charge < -0.3 is 9.64 Å². The van der Waals surface area contributed by atoms with Gasteiger partial charge >= 0.3 is 0 Å². The third-order valence-corrected chi connectivity index (χ3v) is 1.61. The largest absolute Gasteiger partial charge is 0.492 e. The Morgan fingerprint density at radius 2 is 2.15 bits per heavy atom. The molecule has 0 aromatic heterocycles. The number of hydrogen-bond acceptors (Lipinski definition) is 2. The Morgan fingerprint density at radius 3 is 2.77 bits per heavy atom. The Kier molecular flexibility index (Phi) is 3.58. The SMILES string of the molecule is CN(C)CCOc1cccc([O])c1. The first kappa shape index (κ1) is 9.86. The molecule has 0 saturated heterocycles. The number of hydrogen-bond donors (Lipinski definition) is 0. The summed E-state index contributed by atoms with van der Waals surface area (Å²) in [5.41, 5.74) is 0. The first-order chi connectivity index (χ1) is 6.18. The van der Waals surface area contributed by atoms with Crippen LogP contribution >= 0.6 is 0 Å². The summed E-state index contributed by atoms with van der Waals surface area (Å²) in [6.45, 7) is 1.46. The average Bonchev–Trinajstić information content (AvgIpc) is 2.03. The molecule has 0 bridgehead atoms. The first-order valence-corrected chi connectivity index (χ1v) is 4.23. The molecule has 0 aliphatic rings. The summed E-state index contributed by atoms with van der Waals surface area (Å²) >= 11 is 0. The third-order valence-electron chi connectivity index (χ3n) is 1.61. The van der Waals surface area contributed by atoms with Gasteiger partial charge in [0.15, 0.2) is 5.75 Å². The minimum Gasteiger partial charge on any atom is -0.492 e. The summed E-state index contributed by atoms with van der Waals surface area (Å²) in [7, 11) is 3.96. The van der Waals surface area contributed by atoms with Gasteiger partial charge in [-0.25, -0.2) is 0 Å². The molecule has 71 valence electrons. The van der Waals surface area contributed by atoms with E-state index in [4.69, 9.17) is 4.74 Å². The summed E-state index contributed by atoms with van der Waals surface area (Å²) in [6, 6.07) is 6.50. The predicted octanol–water partition coefficient (Wildman–Crippen LogP) is 1.77. The fourth-order valence-corrected chi connectivity index (χ4v) is 0.910. The van der Waals surface area contributed by atoms with Gasteiger partial charge in [-0.05, 0) is 26.2 Å². The highest BCUT2D eigenvalue weighted by atomic mass is 16.5. The number of rotatable bonds is 4. The zero-order valence-corrected chi connectivity index (χ0v) is 7.99. The van der Waals surface area contributed by atoms with Crippen LogP contribution < -0.4 is 4.74 Å². The van der Waals surface area contributed by atoms with Crippen molar-refractivity contribution in [2.45, 2.75) is 0 Å². The molecule has 1 aromatic rings. The minimum atomic E-state index is -0.0117. The lowest BCUT2D eigenvalue weighted by Gasteiger charge is -2.10. The van der Waals surface area contributed by atoms with Gasteiger partial charge in [-0.15, -0.1) is 0 Å². The third kappa shape index (κ3) is 3.80. The summed E-state index contributed by atoms with van der Waals surface area (Å²) in [5, 5.41) is 10.9. The molecule has 0 aliphatic heterocycles. The molecule has 0 unspecified atom stereocenters. The maximum Gasteiger partial charge on any atom is 0.182 e. The molecule has 0 amide bonds. The van der Waals surface area contributed by atoms with Gasteiger partial charge in [0.2, 0.25) is 0 Å². The van der Waals surface area contributed by atoms with Gasteiger partial charge in [0, 0.05) is 12.6 Å². The number of ether oxygens (including phenoxy) is 1. The van der Waals surface area contributed by atoms with Crippen molar-refractivity contribution in [2.75, 3.05) is 27.2 Å². The first-order valence-electron chi connectivity index (χ1n) is 4.23. The Balaban J connectivity index is 2.37. The van der Waals surface area contributed by atoms with Crippen LogP contribution in [0.1, 0.15) is 0 Å². The van der Waals surface area contributed by atoms with Crippen LogP contribution in [0.5, 0.6) is 11.5 Å². The van der Waals surface area contributed by atoms with Crippen LogP contribution in [0, 0.1) is 0 Å². The fourth-order valence-electron chi connectivity index (χ4n) is 0.910. The van der Waals surface area contributed by atoms with Crippen molar-refractivity contribution in [3.8, 4) is 11.5 Å². The van der Waals surface area contributed by atoms with Crippen LogP contribution in [0.4, 0.5) is 0 Å². The van der Waals surface area contributed by atoms with Crippen LogP contribution in [0.25, 0.3) is 0 Å². The maximum absolute atomic E-state index is 10.9. The molecule has 1 aromatic carbocycles. The molecule has 0 aliphatic carbocycles. The van der Waals surface area contributed by atoms with Crippen molar-refractivity contribution in [3.63, 3.8) is 0 Å². The summed E-state index contributed by atoms with van der Waals surface area (Å²) in [5.74, 6) is 0.636. The van der Waals surface area contributed by atoms with E-state index >= 15 is 0 Å². The van der Waals surface area contributed by atoms with Crippen molar-refractivity contribution in [2.24, 2.45) is 0 Å². The van der Waals surface area contributed by atoms with Crippen molar-refractivity contribution in [1.82, 2.24) is 4.90 Å². The van der Waals surface area contributed by atoms with Gasteiger partial charge in [0.1, 0.15) is 12.4 Å². The van der Waals surface area contributed by atoms with E-state index < -0.39 is 0 Å². The standard InChI is InChI=1S/C10H14NO2/c1-11(2)6-7-13-10-5-3-4-9(12)8-10/h3-5,8H,6-7H2,1-2H3. The van der Waals surface area contributed by atoms with Crippen molar-refractivity contribution in [3.05, 3.63) is 24.3 Å². The van der Waals surface area contributed by atoms with Gasteiger partial charge in [-0.2, -0.15) is 0 Å². The summed E-state index contributed by atoms with van der Waals surface area (Å²) in [4.78, 5) is 2.03. The van der Waals surface area contributed by atoms with E-state index in [1.165, 1.54) is 12.1 Å². The summed E-state index contributed by atoms with van der Waals surface area (Å²) < 4.78 is 5.36. The van der Waals surface area contributed by atoms with Gasteiger partial charge in [0.05, 0.1) is 0 Å². The van der Waals surface area contributed by atoms with Crippen LogP contribution in [0.3, 0.4) is 0 Å². The lowest BCUT2D eigenvalue weighted by atomic mass is 10.3. The fraction of sp³-hybridized carbons (Fsp3) is 0.400. The smallest absolute Gasteiger partial charge is 0.182 e. The van der Waals surface area contributed by atoms with Crippen LogP contribution in [0.15, 0.2) is 24.3 Å². The van der Waals surface area contributed by atoms with E-state index in [1.807, 2.05) is 19.0 Å². The molecule has 0 atom stereocenters. The van der Waals surface area contributed by atoms with Crippen molar-refractivity contribution < 1.29 is 9.84 Å². The molecule has 3 heteroatoms.